The topological polar surface area (TPSA) is 20.2 Å². The Kier molecular flexibility index (Phi) is 5.96. The highest BCUT2D eigenvalue weighted by Crippen LogP contribution is 2.42. The van der Waals surface area contributed by atoms with Crippen LogP contribution in [0.5, 0.6) is 5.75 Å². The molecule has 148 valence electrons. The first-order valence-electron chi connectivity index (χ1n) is 8.86. The maximum absolute atomic E-state index is 12.9. The average molecular weight is 397 g/mol. The highest BCUT2D eigenvalue weighted by molar-refractivity contribution is 7.98. The number of thioether (sulfide) groups is 1. The Hall–Kier alpha value is -1.62. The van der Waals surface area contributed by atoms with Crippen LogP contribution < -0.4 is 0 Å². The molecule has 2 rings (SSSR count). The molecule has 0 atom stereocenters. The first-order valence-corrected chi connectivity index (χ1v) is 9.85. The van der Waals surface area contributed by atoms with Crippen molar-refractivity contribution in [3.63, 3.8) is 0 Å². The third kappa shape index (κ3) is 5.44. The average Bonchev–Trinajstić information content (AvgIpc) is 2.51. The molecule has 0 aliphatic heterocycles. The minimum Gasteiger partial charge on any atom is -0.507 e. The van der Waals surface area contributed by atoms with E-state index in [9.17, 15) is 18.3 Å². The number of hydrogen-bond acceptors (Lipinski definition) is 2. The van der Waals surface area contributed by atoms with Crippen molar-refractivity contribution in [3.8, 4) is 5.75 Å². The molecule has 1 N–H and O–H groups in total. The Morgan fingerprint density at radius 2 is 1.37 bits per heavy atom. The predicted octanol–water partition coefficient (Wildman–Crippen LogP) is 7.30. The summed E-state index contributed by atoms with van der Waals surface area (Å²) in [7, 11) is 0. The second-order valence-electron chi connectivity index (χ2n) is 8.85. The van der Waals surface area contributed by atoms with E-state index in [1.807, 2.05) is 53.7 Å². The molecule has 0 radical (unpaired) electrons. The van der Waals surface area contributed by atoms with Gasteiger partial charge in [0.1, 0.15) is 5.75 Å². The molecule has 5 heteroatoms. The molecule has 0 unspecified atom stereocenters. The van der Waals surface area contributed by atoms with Crippen LogP contribution in [0.2, 0.25) is 0 Å². The van der Waals surface area contributed by atoms with E-state index < -0.39 is 11.7 Å². The quantitative estimate of drug-likeness (QED) is 0.549. The fourth-order valence-electron chi connectivity index (χ4n) is 2.84. The minimum absolute atomic E-state index is 0.239. The van der Waals surface area contributed by atoms with Gasteiger partial charge in [0, 0.05) is 21.8 Å². The Morgan fingerprint density at radius 3 is 1.81 bits per heavy atom. The summed E-state index contributed by atoms with van der Waals surface area (Å²) in [6.07, 6.45) is -4.34. The van der Waals surface area contributed by atoms with E-state index in [-0.39, 0.29) is 10.8 Å². The zero-order valence-corrected chi connectivity index (χ0v) is 17.5. The standard InChI is InChI=1S/C22H27F3OS/c1-20(2,3)17-11-16(12-18(19(17)26)21(4,5)6)27-13-14-8-7-9-15(10-14)22(23,24)25/h7-12,26H,13H2,1-6H3. The molecule has 0 amide bonds. The van der Waals surface area contributed by atoms with E-state index in [0.717, 1.165) is 22.1 Å². The van der Waals surface area contributed by atoms with Gasteiger partial charge in [-0.15, -0.1) is 11.8 Å². The van der Waals surface area contributed by atoms with Crippen LogP contribution in [0.1, 0.15) is 63.8 Å². The van der Waals surface area contributed by atoms with Crippen LogP contribution in [0.25, 0.3) is 0 Å². The number of phenols is 1. The number of benzene rings is 2. The van der Waals surface area contributed by atoms with Crippen LogP contribution in [-0.2, 0) is 22.8 Å². The molecule has 0 heterocycles. The van der Waals surface area contributed by atoms with Gasteiger partial charge < -0.3 is 5.11 Å². The molecule has 0 aliphatic rings. The molecule has 2 aromatic carbocycles. The molecule has 2 aromatic rings. The van der Waals surface area contributed by atoms with Gasteiger partial charge in [0.2, 0.25) is 0 Å². The Balaban J connectivity index is 2.37. The van der Waals surface area contributed by atoms with Crippen LogP contribution in [0.3, 0.4) is 0 Å². The molecular weight excluding hydrogens is 369 g/mol. The van der Waals surface area contributed by atoms with Gasteiger partial charge in [0.15, 0.2) is 0 Å². The lowest BCUT2D eigenvalue weighted by atomic mass is 9.79. The van der Waals surface area contributed by atoms with Gasteiger partial charge >= 0.3 is 6.18 Å². The molecule has 27 heavy (non-hydrogen) atoms. The maximum atomic E-state index is 12.9. The Bertz CT molecular complexity index is 777. The van der Waals surface area contributed by atoms with Crippen LogP contribution in [-0.4, -0.2) is 5.11 Å². The molecule has 1 nitrogen and oxygen atoms in total. The summed E-state index contributed by atoms with van der Waals surface area (Å²) < 4.78 is 38.7. The van der Waals surface area contributed by atoms with E-state index in [0.29, 0.717) is 17.1 Å². The number of hydrogen-bond donors (Lipinski definition) is 1. The van der Waals surface area contributed by atoms with Crippen LogP contribution in [0.15, 0.2) is 41.3 Å². The highest BCUT2D eigenvalue weighted by Gasteiger charge is 2.30. The number of aromatic hydroxyl groups is 1. The smallest absolute Gasteiger partial charge is 0.416 e. The van der Waals surface area contributed by atoms with Gasteiger partial charge in [-0.3, -0.25) is 0 Å². The zero-order chi connectivity index (χ0) is 20.6. The van der Waals surface area contributed by atoms with Gasteiger partial charge in [-0.1, -0.05) is 59.7 Å². The number of halogens is 3. The first kappa shape index (κ1) is 21.7. The van der Waals surface area contributed by atoms with Crippen molar-refractivity contribution in [1.29, 1.82) is 0 Å². The monoisotopic (exact) mass is 396 g/mol. The van der Waals surface area contributed by atoms with Gasteiger partial charge in [0.05, 0.1) is 5.56 Å². The summed E-state index contributed by atoms with van der Waals surface area (Å²) in [6, 6.07) is 9.33. The molecular formula is C22H27F3OS. The van der Waals surface area contributed by atoms with Crippen molar-refractivity contribution in [2.24, 2.45) is 0 Å². The van der Waals surface area contributed by atoms with Crippen molar-refractivity contribution < 1.29 is 18.3 Å². The second-order valence-corrected chi connectivity index (χ2v) is 9.90. The third-order valence-corrected chi connectivity index (χ3v) is 5.41. The van der Waals surface area contributed by atoms with Crippen molar-refractivity contribution >= 4 is 11.8 Å². The van der Waals surface area contributed by atoms with E-state index in [1.165, 1.54) is 23.9 Å². The lowest BCUT2D eigenvalue weighted by molar-refractivity contribution is -0.137. The molecule has 0 spiro atoms. The lowest BCUT2D eigenvalue weighted by Gasteiger charge is -2.28. The highest BCUT2D eigenvalue weighted by atomic mass is 32.2. The Labute approximate surface area is 164 Å². The summed E-state index contributed by atoms with van der Waals surface area (Å²) >= 11 is 1.48. The summed E-state index contributed by atoms with van der Waals surface area (Å²) in [4.78, 5) is 0.945. The van der Waals surface area contributed by atoms with Crippen LogP contribution in [0, 0.1) is 0 Å². The molecule has 0 saturated carbocycles. The second kappa shape index (κ2) is 7.42. The fraction of sp³-hybridized carbons (Fsp3) is 0.455. The lowest BCUT2D eigenvalue weighted by Crippen LogP contribution is -2.17. The van der Waals surface area contributed by atoms with E-state index in [2.05, 4.69) is 0 Å². The van der Waals surface area contributed by atoms with Gasteiger partial charge in [-0.05, 0) is 34.6 Å². The summed E-state index contributed by atoms with van der Waals surface area (Å²) in [6.45, 7) is 12.2. The molecule has 0 fully saturated rings. The van der Waals surface area contributed by atoms with Crippen molar-refractivity contribution in [2.45, 2.75) is 69.2 Å². The van der Waals surface area contributed by atoms with Gasteiger partial charge in [-0.2, -0.15) is 13.2 Å². The van der Waals surface area contributed by atoms with Gasteiger partial charge in [0.25, 0.3) is 0 Å². The predicted molar refractivity (Wildman–Crippen MR) is 107 cm³/mol. The van der Waals surface area contributed by atoms with E-state index in [4.69, 9.17) is 0 Å². The van der Waals surface area contributed by atoms with Gasteiger partial charge in [-0.25, -0.2) is 0 Å². The Morgan fingerprint density at radius 1 is 0.852 bits per heavy atom. The minimum atomic E-state index is -4.34. The fourth-order valence-corrected chi connectivity index (χ4v) is 3.75. The van der Waals surface area contributed by atoms with Crippen molar-refractivity contribution in [1.82, 2.24) is 0 Å². The maximum Gasteiger partial charge on any atom is 0.416 e. The van der Waals surface area contributed by atoms with Crippen molar-refractivity contribution in [3.05, 3.63) is 58.7 Å². The van der Waals surface area contributed by atoms with Crippen LogP contribution >= 0.6 is 11.8 Å². The largest absolute Gasteiger partial charge is 0.507 e. The SMILES string of the molecule is CC(C)(C)c1cc(SCc2cccc(C(F)(F)F)c2)cc(C(C)(C)C)c1O. The van der Waals surface area contributed by atoms with Crippen LogP contribution in [0.4, 0.5) is 13.2 Å². The first-order chi connectivity index (χ1) is 12.2. The molecule has 0 aliphatic carbocycles. The third-order valence-electron chi connectivity index (χ3n) is 4.36. The molecule has 0 aromatic heterocycles. The van der Waals surface area contributed by atoms with Crippen molar-refractivity contribution in [2.75, 3.05) is 0 Å². The summed E-state index contributed by atoms with van der Waals surface area (Å²) in [5.74, 6) is 0.736. The van der Waals surface area contributed by atoms with E-state index >= 15 is 0 Å². The summed E-state index contributed by atoms with van der Waals surface area (Å²) in [5.41, 5.74) is 1.21. The normalized spacial score (nSPS) is 13.1. The molecule has 0 saturated heterocycles. The number of alkyl halides is 3. The zero-order valence-electron chi connectivity index (χ0n) is 16.7. The number of rotatable bonds is 3. The number of phenolic OH excluding ortho intramolecular Hbond substituents is 1. The molecule has 0 bridgehead atoms. The van der Waals surface area contributed by atoms with E-state index in [1.54, 1.807) is 6.07 Å². The summed E-state index contributed by atoms with van der Waals surface area (Å²) in [5, 5.41) is 10.8.